The number of aryl methyl sites for hydroxylation is 1. The van der Waals surface area contributed by atoms with E-state index >= 15 is 0 Å². The van der Waals surface area contributed by atoms with E-state index < -0.39 is 0 Å². The van der Waals surface area contributed by atoms with Gasteiger partial charge < -0.3 is 25.0 Å². The number of aliphatic imine (C=N–C) groups is 1. The van der Waals surface area contributed by atoms with E-state index in [9.17, 15) is 0 Å². The van der Waals surface area contributed by atoms with Gasteiger partial charge in [0, 0.05) is 37.7 Å². The lowest BCUT2D eigenvalue weighted by Crippen LogP contribution is -2.41. The van der Waals surface area contributed by atoms with E-state index in [2.05, 4.69) is 61.6 Å². The summed E-state index contributed by atoms with van der Waals surface area (Å²) in [6.45, 7) is 13.3. The maximum absolute atomic E-state index is 6.15. The molecule has 1 fully saturated rings. The Bertz CT molecular complexity index is 615. The lowest BCUT2D eigenvalue weighted by atomic mass is 10.1. The van der Waals surface area contributed by atoms with E-state index in [1.165, 1.54) is 18.4 Å². The molecule has 2 rings (SSSR count). The molecule has 2 N–H and O–H groups in total. The molecular formula is C23H40N4O2. The topological polar surface area (TPSA) is 58.1 Å². The van der Waals surface area contributed by atoms with Gasteiger partial charge in [0.15, 0.2) is 5.96 Å². The fraction of sp³-hybridized carbons (Fsp3) is 0.696. The minimum absolute atomic E-state index is 0.496. The molecule has 1 aliphatic heterocycles. The predicted molar refractivity (Wildman–Crippen MR) is 121 cm³/mol. The van der Waals surface area contributed by atoms with Crippen LogP contribution in [0.5, 0.6) is 5.75 Å². The number of guanidine groups is 1. The average molecular weight is 405 g/mol. The first kappa shape index (κ1) is 23.5. The van der Waals surface area contributed by atoms with Crippen LogP contribution in [0.4, 0.5) is 0 Å². The van der Waals surface area contributed by atoms with Crippen molar-refractivity contribution in [3.05, 3.63) is 29.3 Å². The van der Waals surface area contributed by atoms with Gasteiger partial charge in [-0.05, 0) is 51.9 Å². The van der Waals surface area contributed by atoms with Crippen LogP contribution in [0.2, 0.25) is 0 Å². The van der Waals surface area contributed by atoms with Gasteiger partial charge >= 0.3 is 0 Å². The van der Waals surface area contributed by atoms with Crippen LogP contribution in [-0.4, -0.2) is 63.9 Å². The second-order valence-electron chi connectivity index (χ2n) is 7.93. The molecule has 0 aliphatic carbocycles. The van der Waals surface area contributed by atoms with Gasteiger partial charge in [-0.25, -0.2) is 4.99 Å². The molecule has 1 aliphatic rings. The maximum Gasteiger partial charge on any atom is 0.191 e. The minimum atomic E-state index is 0.496. The first-order chi connectivity index (χ1) is 14.1. The second kappa shape index (κ2) is 13.4. The first-order valence-corrected chi connectivity index (χ1v) is 11.1. The van der Waals surface area contributed by atoms with E-state index in [0.29, 0.717) is 19.1 Å². The van der Waals surface area contributed by atoms with Crippen LogP contribution >= 0.6 is 0 Å². The van der Waals surface area contributed by atoms with Crippen LogP contribution in [0.25, 0.3) is 0 Å². The minimum Gasteiger partial charge on any atom is -0.493 e. The molecule has 1 heterocycles. The van der Waals surface area contributed by atoms with Crippen molar-refractivity contribution >= 4 is 5.96 Å². The molecule has 1 aromatic carbocycles. The number of hydrogen-bond donors (Lipinski definition) is 2. The van der Waals surface area contributed by atoms with Crippen molar-refractivity contribution in [2.24, 2.45) is 10.9 Å². The summed E-state index contributed by atoms with van der Waals surface area (Å²) in [5.41, 5.74) is 2.32. The Hall–Kier alpha value is -1.79. The summed E-state index contributed by atoms with van der Waals surface area (Å²) < 4.78 is 11.6. The lowest BCUT2D eigenvalue weighted by Gasteiger charge is -2.18. The first-order valence-electron chi connectivity index (χ1n) is 11.1. The van der Waals surface area contributed by atoms with Crippen LogP contribution in [0.3, 0.4) is 0 Å². The van der Waals surface area contributed by atoms with Gasteiger partial charge in [0.05, 0.1) is 19.8 Å². The van der Waals surface area contributed by atoms with Crippen LogP contribution in [0.15, 0.2) is 23.2 Å². The molecule has 0 spiro atoms. The van der Waals surface area contributed by atoms with Crippen molar-refractivity contribution in [2.45, 2.75) is 46.6 Å². The smallest absolute Gasteiger partial charge is 0.191 e. The largest absolute Gasteiger partial charge is 0.493 e. The molecule has 164 valence electrons. The van der Waals surface area contributed by atoms with Crippen molar-refractivity contribution < 1.29 is 9.47 Å². The van der Waals surface area contributed by atoms with Gasteiger partial charge in [-0.3, -0.25) is 0 Å². The Morgan fingerprint density at radius 3 is 2.86 bits per heavy atom. The van der Waals surface area contributed by atoms with Gasteiger partial charge in [0.2, 0.25) is 0 Å². The zero-order valence-corrected chi connectivity index (χ0v) is 18.8. The van der Waals surface area contributed by atoms with Crippen LogP contribution < -0.4 is 15.4 Å². The summed E-state index contributed by atoms with van der Waals surface area (Å²) in [7, 11) is 2.17. The van der Waals surface area contributed by atoms with Crippen molar-refractivity contribution in [2.75, 3.05) is 53.0 Å². The number of benzene rings is 1. The number of unbranched alkanes of at least 4 members (excludes halogenated alkanes) is 1. The number of ether oxygens (including phenoxy) is 2. The van der Waals surface area contributed by atoms with E-state index in [-0.39, 0.29) is 0 Å². The fourth-order valence-electron chi connectivity index (χ4n) is 3.26. The highest BCUT2D eigenvalue weighted by molar-refractivity contribution is 5.79. The Morgan fingerprint density at radius 1 is 1.28 bits per heavy atom. The zero-order chi connectivity index (χ0) is 20.9. The van der Waals surface area contributed by atoms with Gasteiger partial charge in [-0.15, -0.1) is 0 Å². The predicted octanol–water partition coefficient (Wildman–Crippen LogP) is 3.20. The molecule has 6 nitrogen and oxygen atoms in total. The maximum atomic E-state index is 6.15. The van der Waals surface area contributed by atoms with E-state index in [1.54, 1.807) is 0 Å². The van der Waals surface area contributed by atoms with Gasteiger partial charge in [0.1, 0.15) is 5.75 Å². The fourth-order valence-corrected chi connectivity index (χ4v) is 3.26. The van der Waals surface area contributed by atoms with E-state index in [1.807, 2.05) is 0 Å². The van der Waals surface area contributed by atoms with E-state index in [0.717, 1.165) is 63.1 Å². The third kappa shape index (κ3) is 9.05. The Kier molecular flexibility index (Phi) is 10.9. The number of nitrogens with zero attached hydrogens (tertiary/aromatic N) is 2. The third-order valence-corrected chi connectivity index (χ3v) is 5.15. The molecule has 6 heteroatoms. The Labute approximate surface area is 177 Å². The van der Waals surface area contributed by atoms with Crippen molar-refractivity contribution in [3.63, 3.8) is 0 Å². The molecule has 1 atom stereocenters. The van der Waals surface area contributed by atoms with Crippen LogP contribution in [0, 0.1) is 12.8 Å². The molecule has 0 amide bonds. The van der Waals surface area contributed by atoms with Crippen molar-refractivity contribution in [3.8, 4) is 5.75 Å². The lowest BCUT2D eigenvalue weighted by molar-refractivity contribution is 0.166. The molecule has 0 bridgehead atoms. The molecule has 0 aromatic heterocycles. The van der Waals surface area contributed by atoms with Crippen molar-refractivity contribution in [1.82, 2.24) is 15.5 Å². The molecule has 0 saturated carbocycles. The summed E-state index contributed by atoms with van der Waals surface area (Å²) in [6, 6.07) is 6.37. The summed E-state index contributed by atoms with van der Waals surface area (Å²) in [4.78, 5) is 7.14. The summed E-state index contributed by atoms with van der Waals surface area (Å²) in [6.07, 6.45) is 3.56. The Balaban J connectivity index is 1.91. The highest BCUT2D eigenvalue weighted by Gasteiger charge is 2.17. The monoisotopic (exact) mass is 404 g/mol. The average Bonchev–Trinajstić information content (AvgIpc) is 3.23. The molecule has 29 heavy (non-hydrogen) atoms. The summed E-state index contributed by atoms with van der Waals surface area (Å²) >= 11 is 0. The van der Waals surface area contributed by atoms with Gasteiger partial charge in [-0.2, -0.15) is 0 Å². The quantitative estimate of drug-likeness (QED) is 0.414. The van der Waals surface area contributed by atoms with Gasteiger partial charge in [-0.1, -0.05) is 25.5 Å². The molecular weight excluding hydrogens is 364 g/mol. The third-order valence-electron chi connectivity index (χ3n) is 5.15. The molecule has 1 aromatic rings. The number of likely N-dealkylation sites (N-methyl/N-ethyl adjacent to an activating group) is 1. The second-order valence-corrected chi connectivity index (χ2v) is 7.93. The van der Waals surface area contributed by atoms with E-state index in [4.69, 9.17) is 14.5 Å². The summed E-state index contributed by atoms with van der Waals surface area (Å²) in [5.74, 6) is 2.29. The molecule has 0 radical (unpaired) electrons. The standard InChI is InChI=1S/C23H40N4O2/c1-5-7-12-27(4)13-11-25-23(24-6-2)26-16-21-9-8-19(3)15-22(21)29-18-20-10-14-28-17-20/h8-9,15,20H,5-7,10-14,16-18H2,1-4H3,(H2,24,25,26). The van der Waals surface area contributed by atoms with Gasteiger partial charge in [0.25, 0.3) is 0 Å². The number of rotatable bonds is 12. The number of nitrogens with one attached hydrogen (secondary N) is 2. The highest BCUT2D eigenvalue weighted by Crippen LogP contribution is 2.23. The Morgan fingerprint density at radius 2 is 2.14 bits per heavy atom. The molecule has 1 saturated heterocycles. The SMILES string of the molecule is CCCCN(C)CCNC(=NCc1ccc(C)cc1OCC1CCOC1)NCC. The van der Waals surface area contributed by atoms with Crippen LogP contribution in [-0.2, 0) is 11.3 Å². The zero-order valence-electron chi connectivity index (χ0n) is 18.8. The normalized spacial score (nSPS) is 17.0. The molecule has 1 unspecified atom stereocenters. The number of hydrogen-bond acceptors (Lipinski definition) is 4. The highest BCUT2D eigenvalue weighted by atomic mass is 16.5. The van der Waals surface area contributed by atoms with Crippen molar-refractivity contribution in [1.29, 1.82) is 0 Å². The summed E-state index contributed by atoms with van der Waals surface area (Å²) in [5, 5.41) is 6.79. The van der Waals surface area contributed by atoms with Crippen LogP contribution in [0.1, 0.15) is 44.2 Å².